The topological polar surface area (TPSA) is 49.3 Å². The van der Waals surface area contributed by atoms with Crippen molar-refractivity contribution in [2.45, 2.75) is 43.4 Å². The van der Waals surface area contributed by atoms with Crippen molar-refractivity contribution in [3.63, 3.8) is 0 Å². The molecule has 0 bridgehead atoms. The van der Waals surface area contributed by atoms with Gasteiger partial charge in [0.2, 0.25) is 5.91 Å². The van der Waals surface area contributed by atoms with Gasteiger partial charge >= 0.3 is 0 Å². The molecule has 0 aliphatic carbocycles. The molecule has 0 saturated carbocycles. The molecule has 0 radical (unpaired) electrons. The lowest BCUT2D eigenvalue weighted by molar-refractivity contribution is -0.121. The molecular formula is C17H21NO2S. The van der Waals surface area contributed by atoms with Crippen LogP contribution in [0.4, 0.5) is 0 Å². The lowest BCUT2D eigenvalue weighted by Crippen LogP contribution is -2.44. The molecule has 0 fully saturated rings. The first-order valence-corrected chi connectivity index (χ1v) is 7.85. The zero-order chi connectivity index (χ0) is 15.6. The Morgan fingerprint density at radius 2 is 1.76 bits per heavy atom. The Bertz CT molecular complexity index is 661. The zero-order valence-corrected chi connectivity index (χ0v) is 13.6. The maximum atomic E-state index is 12.2. The van der Waals surface area contributed by atoms with Crippen molar-refractivity contribution in [1.82, 2.24) is 5.32 Å². The van der Waals surface area contributed by atoms with Crippen molar-refractivity contribution in [2.75, 3.05) is 0 Å². The van der Waals surface area contributed by atoms with E-state index in [4.69, 9.17) is 0 Å². The van der Waals surface area contributed by atoms with Crippen molar-refractivity contribution < 1.29 is 9.90 Å². The molecule has 0 aromatic heterocycles. The third kappa shape index (κ3) is 3.91. The average Bonchev–Trinajstić information content (AvgIpc) is 2.40. The van der Waals surface area contributed by atoms with Crippen LogP contribution in [0.5, 0.6) is 5.75 Å². The minimum Gasteiger partial charge on any atom is -0.507 e. The summed E-state index contributed by atoms with van der Waals surface area (Å²) in [6.07, 6.45) is 0. The summed E-state index contributed by atoms with van der Waals surface area (Å²) in [7, 11) is 0. The number of amides is 1. The molecule has 4 heteroatoms. The average molecular weight is 303 g/mol. The molecule has 21 heavy (non-hydrogen) atoms. The molecular weight excluding hydrogens is 282 g/mol. The fourth-order valence-corrected chi connectivity index (χ4v) is 3.07. The van der Waals surface area contributed by atoms with Crippen LogP contribution in [0.2, 0.25) is 0 Å². The van der Waals surface area contributed by atoms with Gasteiger partial charge in [0.1, 0.15) is 5.75 Å². The summed E-state index contributed by atoms with van der Waals surface area (Å²) in [6.45, 7) is 7.81. The first-order chi connectivity index (χ1) is 9.78. The number of rotatable bonds is 3. The Labute approximate surface area is 129 Å². The highest BCUT2D eigenvalue weighted by atomic mass is 32.2. The van der Waals surface area contributed by atoms with E-state index in [-0.39, 0.29) is 22.4 Å². The predicted octanol–water partition coefficient (Wildman–Crippen LogP) is 3.94. The number of hydrogen-bond donors (Lipinski definition) is 2. The monoisotopic (exact) mass is 303 g/mol. The Balaban J connectivity index is 2.24. The summed E-state index contributed by atoms with van der Waals surface area (Å²) in [6, 6.07) is 11.2. The molecule has 112 valence electrons. The largest absolute Gasteiger partial charge is 0.507 e. The van der Waals surface area contributed by atoms with Crippen molar-refractivity contribution in [3.8, 4) is 5.75 Å². The highest BCUT2D eigenvalue weighted by Gasteiger charge is 2.20. The van der Waals surface area contributed by atoms with Crippen LogP contribution < -0.4 is 5.32 Å². The molecule has 0 heterocycles. The summed E-state index contributed by atoms with van der Waals surface area (Å²) in [5.74, 6) is 0.284. The van der Waals surface area contributed by atoms with Gasteiger partial charge in [-0.25, -0.2) is 0 Å². The van der Waals surface area contributed by atoms with Gasteiger partial charge in [0.15, 0.2) is 0 Å². The Hall–Kier alpha value is -1.68. The third-order valence-corrected chi connectivity index (χ3v) is 4.21. The molecule has 2 aromatic rings. The number of hydrogen-bond acceptors (Lipinski definition) is 3. The van der Waals surface area contributed by atoms with Crippen molar-refractivity contribution >= 4 is 28.4 Å². The van der Waals surface area contributed by atoms with Crippen LogP contribution in [0, 0.1) is 0 Å². The van der Waals surface area contributed by atoms with Crippen LogP contribution in [-0.4, -0.2) is 21.8 Å². The molecule has 1 amide bonds. The standard InChI is InChI=1S/C17H21NO2S/c1-11(16(20)18-17(2,3)4)21-15-10-9-14(19)12-7-5-6-8-13(12)15/h5-11,19H,1-4H3,(H,18,20). The number of carbonyl (C=O) groups excluding carboxylic acids is 1. The minimum absolute atomic E-state index is 0.0182. The van der Waals surface area contributed by atoms with Crippen molar-refractivity contribution in [3.05, 3.63) is 36.4 Å². The quantitative estimate of drug-likeness (QED) is 0.844. The zero-order valence-electron chi connectivity index (χ0n) is 12.8. The van der Waals surface area contributed by atoms with Gasteiger partial charge in [-0.1, -0.05) is 24.3 Å². The number of benzene rings is 2. The number of aromatic hydroxyl groups is 1. The molecule has 2 rings (SSSR count). The number of fused-ring (bicyclic) bond motifs is 1. The maximum absolute atomic E-state index is 12.2. The smallest absolute Gasteiger partial charge is 0.233 e. The van der Waals surface area contributed by atoms with Gasteiger partial charge in [-0.2, -0.15) is 0 Å². The normalized spacial score (nSPS) is 13.1. The van der Waals surface area contributed by atoms with E-state index in [1.54, 1.807) is 6.07 Å². The Morgan fingerprint density at radius 3 is 2.38 bits per heavy atom. The highest BCUT2D eigenvalue weighted by Crippen LogP contribution is 2.35. The van der Waals surface area contributed by atoms with Gasteiger partial charge in [0.25, 0.3) is 0 Å². The van der Waals surface area contributed by atoms with Crippen LogP contribution >= 0.6 is 11.8 Å². The second kappa shape index (κ2) is 5.98. The van der Waals surface area contributed by atoms with E-state index in [0.717, 1.165) is 15.7 Å². The van der Waals surface area contributed by atoms with Gasteiger partial charge in [-0.05, 0) is 45.2 Å². The van der Waals surface area contributed by atoms with E-state index < -0.39 is 0 Å². The molecule has 0 aliphatic rings. The third-order valence-electron chi connectivity index (χ3n) is 3.03. The summed E-state index contributed by atoms with van der Waals surface area (Å²) in [5.41, 5.74) is -0.233. The van der Waals surface area contributed by atoms with E-state index >= 15 is 0 Å². The summed E-state index contributed by atoms with van der Waals surface area (Å²) < 4.78 is 0. The number of phenolic OH excluding ortho intramolecular Hbond substituents is 1. The molecule has 1 unspecified atom stereocenters. The number of carbonyl (C=O) groups is 1. The first kappa shape index (κ1) is 15.7. The molecule has 0 spiro atoms. The van der Waals surface area contributed by atoms with Gasteiger partial charge in [0.05, 0.1) is 5.25 Å². The lowest BCUT2D eigenvalue weighted by atomic mass is 10.1. The van der Waals surface area contributed by atoms with E-state index in [9.17, 15) is 9.90 Å². The molecule has 1 atom stereocenters. The number of nitrogens with one attached hydrogen (secondary N) is 1. The van der Waals surface area contributed by atoms with Crippen molar-refractivity contribution in [1.29, 1.82) is 0 Å². The summed E-state index contributed by atoms with van der Waals surface area (Å²) in [5, 5.41) is 14.5. The number of thioether (sulfide) groups is 1. The highest BCUT2D eigenvalue weighted by molar-refractivity contribution is 8.00. The lowest BCUT2D eigenvalue weighted by Gasteiger charge is -2.23. The van der Waals surface area contributed by atoms with E-state index in [2.05, 4.69) is 5.32 Å². The van der Waals surface area contributed by atoms with E-state index in [0.29, 0.717) is 0 Å². The Morgan fingerprint density at radius 1 is 1.14 bits per heavy atom. The second-order valence-electron chi connectivity index (χ2n) is 6.13. The molecule has 0 saturated heterocycles. The minimum atomic E-state index is -0.233. The fourth-order valence-electron chi connectivity index (χ4n) is 2.07. The Kier molecular flexibility index (Phi) is 4.47. The van der Waals surface area contributed by atoms with Gasteiger partial charge in [-0.3, -0.25) is 4.79 Å². The van der Waals surface area contributed by atoms with Gasteiger partial charge in [-0.15, -0.1) is 11.8 Å². The van der Waals surface area contributed by atoms with Crippen LogP contribution in [0.15, 0.2) is 41.3 Å². The van der Waals surface area contributed by atoms with Crippen LogP contribution in [0.25, 0.3) is 10.8 Å². The van der Waals surface area contributed by atoms with Crippen molar-refractivity contribution in [2.24, 2.45) is 0 Å². The number of phenols is 1. The molecule has 3 nitrogen and oxygen atoms in total. The summed E-state index contributed by atoms with van der Waals surface area (Å²) >= 11 is 1.51. The van der Waals surface area contributed by atoms with Gasteiger partial charge < -0.3 is 10.4 Å². The molecule has 2 N–H and O–H groups in total. The fraction of sp³-hybridized carbons (Fsp3) is 0.353. The van der Waals surface area contributed by atoms with E-state index in [1.807, 2.05) is 58.0 Å². The molecule has 0 aliphatic heterocycles. The van der Waals surface area contributed by atoms with Crippen LogP contribution in [0.3, 0.4) is 0 Å². The van der Waals surface area contributed by atoms with Crippen LogP contribution in [0.1, 0.15) is 27.7 Å². The van der Waals surface area contributed by atoms with E-state index in [1.165, 1.54) is 11.8 Å². The maximum Gasteiger partial charge on any atom is 0.233 e. The SMILES string of the molecule is CC(Sc1ccc(O)c2ccccc12)C(=O)NC(C)(C)C. The first-order valence-electron chi connectivity index (χ1n) is 6.97. The predicted molar refractivity (Wildman–Crippen MR) is 88.8 cm³/mol. The van der Waals surface area contributed by atoms with Crippen LogP contribution in [-0.2, 0) is 4.79 Å². The second-order valence-corrected chi connectivity index (χ2v) is 7.51. The molecule has 2 aromatic carbocycles. The van der Waals surface area contributed by atoms with Gasteiger partial charge in [0, 0.05) is 15.8 Å². The summed E-state index contributed by atoms with van der Waals surface area (Å²) in [4.78, 5) is 13.2.